The summed E-state index contributed by atoms with van der Waals surface area (Å²) in [7, 11) is 0. The lowest BCUT2D eigenvalue weighted by molar-refractivity contribution is 1.22. The lowest BCUT2D eigenvalue weighted by Crippen LogP contribution is -2.09. The maximum absolute atomic E-state index is 3.03. The van der Waals surface area contributed by atoms with E-state index < -0.39 is 0 Å². The number of benzene rings is 3. The molecule has 0 radical (unpaired) electrons. The summed E-state index contributed by atoms with van der Waals surface area (Å²) in [6.45, 7) is 8.54. The fourth-order valence-corrected chi connectivity index (χ4v) is 3.98. The van der Waals surface area contributed by atoms with Crippen molar-refractivity contribution in [2.24, 2.45) is 0 Å². The average molecular weight is 454 g/mol. The van der Waals surface area contributed by atoms with Gasteiger partial charge in [0.05, 0.1) is 0 Å². The van der Waals surface area contributed by atoms with Gasteiger partial charge in [-0.3, -0.25) is 0 Å². The molecule has 0 saturated carbocycles. The second kappa shape index (κ2) is 11.2. The number of allylic oxidation sites excluding steroid dienone is 3. The molecule has 0 bridgehead atoms. The monoisotopic (exact) mass is 453 g/mol. The van der Waals surface area contributed by atoms with Crippen LogP contribution in [0.2, 0.25) is 0 Å². The molecule has 4 aromatic carbocycles. The molecule has 0 saturated heterocycles. The van der Waals surface area contributed by atoms with Crippen molar-refractivity contribution in [2.75, 3.05) is 4.90 Å². The Labute approximate surface area is 210 Å². The van der Waals surface area contributed by atoms with Crippen LogP contribution in [-0.2, 0) is 0 Å². The lowest BCUT2D eigenvalue weighted by Gasteiger charge is -2.22. The van der Waals surface area contributed by atoms with Crippen LogP contribution in [0.25, 0.3) is 23.3 Å². The van der Waals surface area contributed by atoms with Crippen molar-refractivity contribution in [3.05, 3.63) is 143 Å². The minimum Gasteiger partial charge on any atom is -0.317 e. The fraction of sp³-hybridized carbons (Fsp3) is 0.118. The molecule has 1 heteroatoms. The first-order chi connectivity index (χ1) is 17.0. The first-order valence-electron chi connectivity index (χ1n) is 11.9. The second-order valence-electron chi connectivity index (χ2n) is 9.00. The molecule has 0 aliphatic heterocycles. The quantitative estimate of drug-likeness (QED) is 0.252. The predicted octanol–water partition coefficient (Wildman–Crippen LogP) is 9.47. The van der Waals surface area contributed by atoms with Crippen LogP contribution in [0.15, 0.2) is 109 Å². The number of hydrogen-bond acceptors (Lipinski definition) is 1. The molecule has 35 heavy (non-hydrogen) atoms. The molecule has 0 atom stereocenters. The van der Waals surface area contributed by atoms with Crippen molar-refractivity contribution in [3.63, 3.8) is 0 Å². The van der Waals surface area contributed by atoms with Crippen LogP contribution in [0.3, 0.4) is 0 Å². The van der Waals surface area contributed by atoms with E-state index in [-0.39, 0.29) is 0 Å². The average Bonchev–Trinajstić information content (AvgIpc) is 2.89. The predicted molar refractivity (Wildman–Crippen MR) is 152 cm³/mol. The normalized spacial score (nSPS) is 11.5. The third-order valence-corrected chi connectivity index (χ3v) is 5.84. The summed E-state index contributed by atoms with van der Waals surface area (Å²) in [4.78, 5) is 2.25. The highest BCUT2D eigenvalue weighted by atomic mass is 15.1. The summed E-state index contributed by atoms with van der Waals surface area (Å²) in [5.41, 5.74) is 10.7. The van der Waals surface area contributed by atoms with Gasteiger partial charge in [-0.2, -0.15) is 0 Å². The Hall–Kier alpha value is -4.28. The van der Waals surface area contributed by atoms with E-state index in [1.54, 1.807) is 0 Å². The number of anilines is 2. The highest BCUT2D eigenvalue weighted by Gasteiger charge is 2.08. The molecular weight excluding hydrogens is 422 g/mol. The molecule has 0 N–H and O–H groups in total. The largest absolute Gasteiger partial charge is 0.317 e. The van der Waals surface area contributed by atoms with Gasteiger partial charge in [-0.25, -0.2) is 0 Å². The van der Waals surface area contributed by atoms with Crippen LogP contribution >= 0.6 is 0 Å². The zero-order chi connectivity index (χ0) is 24.6. The van der Waals surface area contributed by atoms with Gasteiger partial charge in [-0.05, 0) is 104 Å². The molecule has 0 unspecified atom stereocenters. The highest BCUT2D eigenvalue weighted by molar-refractivity contribution is 5.82. The molecular formula is C34H31N. The van der Waals surface area contributed by atoms with Crippen molar-refractivity contribution in [1.82, 2.24) is 0 Å². The second-order valence-corrected chi connectivity index (χ2v) is 9.00. The van der Waals surface area contributed by atoms with Gasteiger partial charge in [0.25, 0.3) is 0 Å². The summed E-state index contributed by atoms with van der Waals surface area (Å²) < 4.78 is 0. The van der Waals surface area contributed by atoms with Gasteiger partial charge < -0.3 is 4.90 Å². The van der Waals surface area contributed by atoms with Crippen molar-refractivity contribution in [1.29, 1.82) is 0 Å². The molecule has 4 aromatic rings. The third kappa shape index (κ3) is 6.40. The van der Waals surface area contributed by atoms with E-state index in [4.69, 9.17) is 0 Å². The van der Waals surface area contributed by atoms with Crippen LogP contribution in [0, 0.1) is 12.1 Å². The molecule has 172 valence electrons. The number of rotatable bonds is 7. The van der Waals surface area contributed by atoms with E-state index >= 15 is 0 Å². The zero-order valence-electron chi connectivity index (χ0n) is 20.9. The first-order valence-corrected chi connectivity index (χ1v) is 11.9. The van der Waals surface area contributed by atoms with E-state index in [1.165, 1.54) is 33.4 Å². The van der Waals surface area contributed by atoms with Gasteiger partial charge in [0.1, 0.15) is 0 Å². The third-order valence-electron chi connectivity index (χ3n) is 5.84. The minimum atomic E-state index is 1.13. The van der Waals surface area contributed by atoms with Gasteiger partial charge in [-0.15, -0.1) is 0 Å². The van der Waals surface area contributed by atoms with Crippen LogP contribution in [0.5, 0.6) is 0 Å². The van der Waals surface area contributed by atoms with Crippen molar-refractivity contribution < 1.29 is 0 Å². The molecule has 4 rings (SSSR count). The van der Waals surface area contributed by atoms with Gasteiger partial charge in [0.15, 0.2) is 0 Å². The van der Waals surface area contributed by atoms with E-state index in [2.05, 4.69) is 142 Å². The Bertz CT molecular complexity index is 1220. The summed E-state index contributed by atoms with van der Waals surface area (Å²) in [5.74, 6) is 0. The summed E-state index contributed by atoms with van der Waals surface area (Å²) >= 11 is 0. The van der Waals surface area contributed by atoms with Gasteiger partial charge in [0.2, 0.25) is 0 Å². The molecule has 0 aromatic heterocycles. The van der Waals surface area contributed by atoms with E-state index in [1.807, 2.05) is 18.2 Å². The molecule has 0 amide bonds. The highest BCUT2D eigenvalue weighted by Crippen LogP contribution is 2.29. The van der Waals surface area contributed by atoms with Gasteiger partial charge >= 0.3 is 0 Å². The molecule has 0 fully saturated rings. The van der Waals surface area contributed by atoms with Crippen LogP contribution in [0.4, 0.5) is 11.4 Å². The first kappa shape index (κ1) is 23.9. The van der Waals surface area contributed by atoms with Gasteiger partial charge in [-0.1, -0.05) is 84.5 Å². The SMILES string of the molecule is CC(C)=CN(c1ccc(/C=C(/C)c2cc#ccc2)cc1)c1ccc(/C=C(/C)c2ccccc2)cc1. The van der Waals surface area contributed by atoms with E-state index in [9.17, 15) is 0 Å². The minimum absolute atomic E-state index is 1.13. The maximum atomic E-state index is 3.03. The Morgan fingerprint density at radius 1 is 0.600 bits per heavy atom. The molecule has 0 aliphatic carbocycles. The maximum Gasteiger partial charge on any atom is 0.0455 e. The summed E-state index contributed by atoms with van der Waals surface area (Å²) in [6.07, 6.45) is 6.62. The molecule has 0 spiro atoms. The summed E-state index contributed by atoms with van der Waals surface area (Å²) in [6, 6.07) is 39.8. The smallest absolute Gasteiger partial charge is 0.0455 e. The molecule has 1 nitrogen and oxygen atoms in total. The number of nitrogens with zero attached hydrogens (tertiary/aromatic N) is 1. The zero-order valence-corrected chi connectivity index (χ0v) is 20.9. The Morgan fingerprint density at radius 2 is 1.14 bits per heavy atom. The number of hydrogen-bond donors (Lipinski definition) is 0. The van der Waals surface area contributed by atoms with Crippen LogP contribution < -0.4 is 4.90 Å². The van der Waals surface area contributed by atoms with Crippen molar-refractivity contribution >= 4 is 34.7 Å². The van der Waals surface area contributed by atoms with E-state index in [0.717, 1.165) is 16.9 Å². The van der Waals surface area contributed by atoms with Gasteiger partial charge in [0, 0.05) is 17.6 Å². The standard InChI is InChI=1S/C34H31N/c1-26(2)25-35(33-19-15-29(16-20-33)23-27(3)31-11-7-5-8-12-31)34-21-17-30(18-22-34)24-28(4)32-13-9-6-10-14-32/h5,7-9,11-25H,1-4H3/b27-23-,28-24-. The van der Waals surface area contributed by atoms with E-state index in [0.29, 0.717) is 0 Å². The Balaban J connectivity index is 1.57. The Morgan fingerprint density at radius 3 is 1.63 bits per heavy atom. The van der Waals surface area contributed by atoms with Crippen molar-refractivity contribution in [2.45, 2.75) is 27.7 Å². The molecule has 0 heterocycles. The Kier molecular flexibility index (Phi) is 7.66. The summed E-state index contributed by atoms with van der Waals surface area (Å²) in [5, 5.41) is 0. The van der Waals surface area contributed by atoms with Crippen LogP contribution in [0.1, 0.15) is 49.9 Å². The molecule has 0 aliphatic rings. The topological polar surface area (TPSA) is 3.24 Å². The fourth-order valence-electron chi connectivity index (χ4n) is 3.98. The lowest BCUT2D eigenvalue weighted by atomic mass is 10.0. The van der Waals surface area contributed by atoms with Crippen molar-refractivity contribution in [3.8, 4) is 0 Å². The van der Waals surface area contributed by atoms with Crippen LogP contribution in [-0.4, -0.2) is 0 Å².